The fraction of sp³-hybridized carbons (Fsp3) is 0.0508. The van der Waals surface area contributed by atoms with Crippen molar-refractivity contribution in [3.8, 4) is 11.1 Å². The van der Waals surface area contributed by atoms with E-state index in [-0.39, 0.29) is 0 Å². The zero-order chi connectivity index (χ0) is 42.9. The molecule has 12 rings (SSSR count). The third-order valence-corrected chi connectivity index (χ3v) is 14.8. The average molecular weight is 841 g/mol. The first kappa shape index (κ1) is 37.9. The molecule has 0 bridgehead atoms. The fourth-order valence-corrected chi connectivity index (χ4v) is 10.7. The second-order valence-electron chi connectivity index (χ2n) is 17.8. The summed E-state index contributed by atoms with van der Waals surface area (Å²) in [5, 5.41) is 10.5. The lowest BCUT2D eigenvalue weighted by Crippen LogP contribution is -2.37. The Morgan fingerprint density at radius 1 is 0.312 bits per heavy atom. The summed E-state index contributed by atoms with van der Waals surface area (Å²) in [4.78, 5) is 4.64. The van der Waals surface area contributed by atoms with E-state index >= 15 is 0 Å². The minimum absolute atomic E-state index is 0.846. The van der Waals surface area contributed by atoms with Crippen molar-refractivity contribution in [3.05, 3.63) is 212 Å². The standard InChI is InChI=1S/C59H44N2O2Si/c1-64(2,3)47-31-27-44(28-32-47)60(41-14-6-4-7-15-41)43-25-22-39(23-26-43)40-24-33-51-53(36-40)48-18-10-11-20-50(48)58-52-34-29-46(38-57(52)63-59(51)58)61(42-16-8-5-9-17-42)45-30-35-56-54(37-45)49-19-12-13-21-55(49)62-56/h4-38H,1-3H3. The van der Waals surface area contributed by atoms with Crippen LogP contribution in [-0.4, -0.2) is 8.07 Å². The molecule has 0 saturated carbocycles. The van der Waals surface area contributed by atoms with Crippen LogP contribution >= 0.6 is 0 Å². The van der Waals surface area contributed by atoms with E-state index < -0.39 is 8.07 Å². The summed E-state index contributed by atoms with van der Waals surface area (Å²) >= 11 is 0. The molecule has 0 saturated heterocycles. The second-order valence-corrected chi connectivity index (χ2v) is 22.8. The normalized spacial score (nSPS) is 12.0. The molecular formula is C59H44N2O2Si. The van der Waals surface area contributed by atoms with E-state index in [0.717, 1.165) is 94.5 Å². The second kappa shape index (κ2) is 14.9. The van der Waals surface area contributed by atoms with Gasteiger partial charge in [0.1, 0.15) is 22.3 Å². The molecule has 0 aliphatic carbocycles. The first-order chi connectivity index (χ1) is 31.4. The highest BCUT2D eigenvalue weighted by atomic mass is 28.3. The van der Waals surface area contributed by atoms with Gasteiger partial charge >= 0.3 is 0 Å². The van der Waals surface area contributed by atoms with Crippen molar-refractivity contribution in [2.24, 2.45) is 0 Å². The van der Waals surface area contributed by atoms with Crippen molar-refractivity contribution in [2.45, 2.75) is 19.6 Å². The highest BCUT2D eigenvalue weighted by molar-refractivity contribution is 6.88. The van der Waals surface area contributed by atoms with Gasteiger partial charge in [0.2, 0.25) is 0 Å². The van der Waals surface area contributed by atoms with Crippen LogP contribution in [0.2, 0.25) is 19.6 Å². The van der Waals surface area contributed by atoms with E-state index in [1.165, 1.54) is 21.3 Å². The SMILES string of the molecule is C[Si](C)(C)c1ccc(N(c2ccccc2)c2ccc(-c3ccc4c(c3)c3ccccc3c3c5ccc(N(c6ccccc6)c6ccc7oc8ccccc8c7c6)cc5oc43)cc2)cc1. The van der Waals surface area contributed by atoms with Gasteiger partial charge in [0.25, 0.3) is 0 Å². The molecule has 0 fully saturated rings. The molecule has 5 heteroatoms. The van der Waals surface area contributed by atoms with Gasteiger partial charge in [0.05, 0.1) is 8.07 Å². The number of hydrogen-bond donors (Lipinski definition) is 0. The van der Waals surface area contributed by atoms with Crippen molar-refractivity contribution in [2.75, 3.05) is 9.80 Å². The number of benzene rings is 10. The Kier molecular flexibility index (Phi) is 8.82. The van der Waals surface area contributed by atoms with Crippen molar-refractivity contribution >= 4 is 113 Å². The first-order valence-electron chi connectivity index (χ1n) is 22.0. The molecule has 12 aromatic rings. The summed E-state index contributed by atoms with van der Waals surface area (Å²) in [6.45, 7) is 7.19. The van der Waals surface area contributed by atoms with Gasteiger partial charge in [-0.05, 0) is 124 Å². The average Bonchev–Trinajstić information content (AvgIpc) is 3.91. The van der Waals surface area contributed by atoms with Gasteiger partial charge in [0, 0.05) is 67.1 Å². The quantitative estimate of drug-likeness (QED) is 0.113. The number of nitrogens with zero attached hydrogens (tertiary/aromatic N) is 2. The van der Waals surface area contributed by atoms with E-state index in [9.17, 15) is 0 Å². The Morgan fingerprint density at radius 2 is 0.828 bits per heavy atom. The molecule has 0 atom stereocenters. The molecule has 2 heterocycles. The Hall–Kier alpha value is -7.86. The Balaban J connectivity index is 0.957. The maximum atomic E-state index is 7.00. The van der Waals surface area contributed by atoms with Crippen LogP contribution in [0.1, 0.15) is 0 Å². The van der Waals surface area contributed by atoms with Crippen LogP contribution in [0.3, 0.4) is 0 Å². The van der Waals surface area contributed by atoms with Crippen LogP contribution in [0.5, 0.6) is 0 Å². The zero-order valence-electron chi connectivity index (χ0n) is 35.9. The van der Waals surface area contributed by atoms with Gasteiger partial charge in [-0.3, -0.25) is 0 Å². The molecule has 10 aromatic carbocycles. The summed E-state index contributed by atoms with van der Waals surface area (Å²) in [5.74, 6) is 0. The molecule has 0 amide bonds. The molecule has 4 nitrogen and oxygen atoms in total. The largest absolute Gasteiger partial charge is 0.456 e. The summed E-state index contributed by atoms with van der Waals surface area (Å²) in [6.07, 6.45) is 0. The van der Waals surface area contributed by atoms with E-state index in [2.05, 4.69) is 230 Å². The molecule has 0 N–H and O–H groups in total. The number of hydrogen-bond acceptors (Lipinski definition) is 4. The Bertz CT molecular complexity index is 3700. The van der Waals surface area contributed by atoms with Gasteiger partial charge in [-0.1, -0.05) is 134 Å². The van der Waals surface area contributed by atoms with Crippen LogP contribution in [-0.2, 0) is 0 Å². The van der Waals surface area contributed by atoms with Crippen LogP contribution < -0.4 is 15.0 Å². The maximum Gasteiger partial charge on any atom is 0.143 e. The lowest BCUT2D eigenvalue weighted by atomic mass is 9.94. The predicted octanol–water partition coefficient (Wildman–Crippen LogP) is 16.9. The van der Waals surface area contributed by atoms with E-state index in [4.69, 9.17) is 8.83 Å². The predicted molar refractivity (Wildman–Crippen MR) is 274 cm³/mol. The fourth-order valence-electron chi connectivity index (χ4n) is 9.58. The number of furan rings is 2. The van der Waals surface area contributed by atoms with Crippen molar-refractivity contribution in [1.82, 2.24) is 0 Å². The molecule has 0 aliphatic heterocycles. The van der Waals surface area contributed by atoms with Crippen molar-refractivity contribution in [1.29, 1.82) is 0 Å². The van der Waals surface area contributed by atoms with Crippen LogP contribution in [0.4, 0.5) is 34.1 Å². The molecule has 0 aliphatic rings. The van der Waals surface area contributed by atoms with Crippen LogP contribution in [0.25, 0.3) is 76.5 Å². The minimum Gasteiger partial charge on any atom is -0.456 e. The topological polar surface area (TPSA) is 32.8 Å². The number of fused-ring (bicyclic) bond motifs is 11. The third kappa shape index (κ3) is 6.35. The zero-order valence-corrected chi connectivity index (χ0v) is 36.9. The van der Waals surface area contributed by atoms with Gasteiger partial charge in [-0.15, -0.1) is 0 Å². The Labute approximate surface area is 372 Å². The third-order valence-electron chi connectivity index (χ3n) is 12.8. The lowest BCUT2D eigenvalue weighted by molar-refractivity contribution is 0.669. The molecule has 2 aromatic heterocycles. The molecule has 0 radical (unpaired) electrons. The summed E-state index contributed by atoms with van der Waals surface area (Å²) in [7, 11) is -1.43. The first-order valence-corrected chi connectivity index (χ1v) is 25.5. The molecule has 306 valence electrons. The molecule has 0 unspecified atom stereocenters. The monoisotopic (exact) mass is 840 g/mol. The number of rotatable bonds is 8. The van der Waals surface area contributed by atoms with Crippen molar-refractivity contribution in [3.63, 3.8) is 0 Å². The van der Waals surface area contributed by atoms with Gasteiger partial charge in [0.15, 0.2) is 0 Å². The summed E-state index contributed by atoms with van der Waals surface area (Å²) in [5.41, 5.74) is 12.3. The highest BCUT2D eigenvalue weighted by Crippen LogP contribution is 2.45. The van der Waals surface area contributed by atoms with Crippen LogP contribution in [0, 0.1) is 0 Å². The van der Waals surface area contributed by atoms with Gasteiger partial charge in [-0.2, -0.15) is 0 Å². The van der Waals surface area contributed by atoms with Gasteiger partial charge in [-0.25, -0.2) is 0 Å². The molecule has 0 spiro atoms. The Morgan fingerprint density at radius 3 is 1.53 bits per heavy atom. The van der Waals surface area contributed by atoms with Crippen LogP contribution in [0.15, 0.2) is 221 Å². The molecular weight excluding hydrogens is 797 g/mol. The summed E-state index contributed by atoms with van der Waals surface area (Å²) < 4.78 is 13.2. The number of anilines is 6. The smallest absolute Gasteiger partial charge is 0.143 e. The minimum atomic E-state index is -1.43. The highest BCUT2D eigenvalue weighted by Gasteiger charge is 2.22. The van der Waals surface area contributed by atoms with E-state index in [1.54, 1.807) is 0 Å². The molecule has 64 heavy (non-hydrogen) atoms. The van der Waals surface area contributed by atoms with E-state index in [1.807, 2.05) is 12.1 Å². The summed E-state index contributed by atoms with van der Waals surface area (Å²) in [6, 6.07) is 76.2. The van der Waals surface area contributed by atoms with E-state index in [0.29, 0.717) is 0 Å². The maximum absolute atomic E-state index is 7.00. The number of para-hydroxylation sites is 3. The van der Waals surface area contributed by atoms with Crippen molar-refractivity contribution < 1.29 is 8.83 Å². The lowest BCUT2D eigenvalue weighted by Gasteiger charge is -2.26. The van der Waals surface area contributed by atoms with Gasteiger partial charge < -0.3 is 18.6 Å².